The zero-order chi connectivity index (χ0) is 17.2. The maximum absolute atomic E-state index is 12.5. The van der Waals surface area contributed by atoms with Gasteiger partial charge in [-0.05, 0) is 38.2 Å². The van der Waals surface area contributed by atoms with E-state index in [-0.39, 0.29) is 24.8 Å². The second-order valence-corrected chi connectivity index (χ2v) is 7.03. The summed E-state index contributed by atoms with van der Waals surface area (Å²) < 4.78 is 1.69. The van der Waals surface area contributed by atoms with E-state index in [1.807, 2.05) is 12.3 Å². The third-order valence-electron chi connectivity index (χ3n) is 4.96. The summed E-state index contributed by atoms with van der Waals surface area (Å²) in [4.78, 5) is 25.6. The minimum Gasteiger partial charge on any atom is -0.388 e. The third kappa shape index (κ3) is 4.14. The Bertz CT molecular complexity index is 611. The maximum Gasteiger partial charge on any atom is 0.244 e. The monoisotopic (exact) mass is 334 g/mol. The van der Waals surface area contributed by atoms with Crippen LogP contribution in [0, 0.1) is 0 Å². The zero-order valence-corrected chi connectivity index (χ0v) is 14.2. The van der Waals surface area contributed by atoms with Crippen LogP contribution in [0.5, 0.6) is 0 Å². The van der Waals surface area contributed by atoms with Gasteiger partial charge in [0.2, 0.25) is 11.8 Å². The molecule has 0 spiro atoms. The molecule has 7 heteroatoms. The van der Waals surface area contributed by atoms with Gasteiger partial charge < -0.3 is 15.3 Å². The second kappa shape index (κ2) is 6.93. The number of aliphatic hydroxyl groups is 1. The average Bonchev–Trinajstić information content (AvgIpc) is 3.32. The highest BCUT2D eigenvalue weighted by molar-refractivity contribution is 5.76. The van der Waals surface area contributed by atoms with E-state index < -0.39 is 5.60 Å². The molecule has 2 aliphatic rings. The van der Waals surface area contributed by atoms with Crippen molar-refractivity contribution in [2.24, 2.45) is 0 Å². The first-order chi connectivity index (χ1) is 11.5. The van der Waals surface area contributed by atoms with Crippen LogP contribution in [0.4, 0.5) is 0 Å². The van der Waals surface area contributed by atoms with Crippen LogP contribution in [0.3, 0.4) is 0 Å². The number of nitrogens with zero attached hydrogens (tertiary/aromatic N) is 3. The Balaban J connectivity index is 1.54. The van der Waals surface area contributed by atoms with Gasteiger partial charge in [0.25, 0.3) is 0 Å². The van der Waals surface area contributed by atoms with E-state index in [1.54, 1.807) is 16.6 Å². The van der Waals surface area contributed by atoms with Crippen LogP contribution in [-0.2, 0) is 16.1 Å². The highest BCUT2D eigenvalue weighted by atomic mass is 16.3. The molecule has 2 amide bonds. The molecule has 1 aromatic heterocycles. The number of carbonyl (C=O) groups is 2. The number of hydrogen-bond acceptors (Lipinski definition) is 4. The molecule has 1 aliphatic heterocycles. The zero-order valence-electron chi connectivity index (χ0n) is 14.2. The van der Waals surface area contributed by atoms with Crippen molar-refractivity contribution in [3.8, 4) is 0 Å². The smallest absolute Gasteiger partial charge is 0.244 e. The molecule has 0 radical (unpaired) electrons. The molecule has 1 atom stereocenters. The Morgan fingerprint density at radius 2 is 2.25 bits per heavy atom. The van der Waals surface area contributed by atoms with Gasteiger partial charge in [-0.15, -0.1) is 0 Å². The first-order valence-corrected chi connectivity index (χ1v) is 8.73. The molecule has 1 aromatic rings. The van der Waals surface area contributed by atoms with Crippen molar-refractivity contribution in [3.05, 3.63) is 18.0 Å². The fourth-order valence-electron chi connectivity index (χ4n) is 3.30. The minimum atomic E-state index is -0.969. The number of carbonyl (C=O) groups excluding carboxylic acids is 2. The summed E-state index contributed by atoms with van der Waals surface area (Å²) in [5.74, 6) is 0.459. The first-order valence-electron chi connectivity index (χ1n) is 8.73. The summed E-state index contributed by atoms with van der Waals surface area (Å²) in [5, 5.41) is 17.7. The Morgan fingerprint density at radius 1 is 1.46 bits per heavy atom. The second-order valence-electron chi connectivity index (χ2n) is 7.03. The van der Waals surface area contributed by atoms with Gasteiger partial charge >= 0.3 is 0 Å². The lowest BCUT2D eigenvalue weighted by atomic mass is 9.88. The van der Waals surface area contributed by atoms with Crippen molar-refractivity contribution in [1.29, 1.82) is 0 Å². The van der Waals surface area contributed by atoms with E-state index >= 15 is 0 Å². The number of rotatable bonds is 6. The van der Waals surface area contributed by atoms with Crippen molar-refractivity contribution >= 4 is 11.8 Å². The average molecular weight is 334 g/mol. The van der Waals surface area contributed by atoms with Crippen molar-refractivity contribution in [3.63, 3.8) is 0 Å². The molecule has 132 valence electrons. The molecular weight excluding hydrogens is 308 g/mol. The van der Waals surface area contributed by atoms with Gasteiger partial charge in [-0.2, -0.15) is 5.10 Å². The van der Waals surface area contributed by atoms with Crippen LogP contribution in [-0.4, -0.2) is 57.3 Å². The summed E-state index contributed by atoms with van der Waals surface area (Å²) >= 11 is 0. The van der Waals surface area contributed by atoms with Crippen LogP contribution in [0.1, 0.15) is 50.1 Å². The Labute approximate surface area is 142 Å². The van der Waals surface area contributed by atoms with Crippen molar-refractivity contribution in [1.82, 2.24) is 20.0 Å². The molecular formula is C17H26N4O3. The Hall–Kier alpha value is -1.89. The standard InChI is InChI=1S/C17H26N4O3/c1-18-15(22)5-8-17(24)7-2-9-20(12-17)16(23)11-21-10-6-14(19-21)13-3-4-13/h6,10,13,24H,2-5,7-9,11-12H2,1H3,(H,18,22)/t17-/m1/s1. The van der Waals surface area contributed by atoms with Gasteiger partial charge in [0.05, 0.1) is 11.3 Å². The van der Waals surface area contributed by atoms with Crippen LogP contribution in [0.15, 0.2) is 12.3 Å². The normalized spacial score (nSPS) is 24.0. The van der Waals surface area contributed by atoms with Crippen LogP contribution in [0.2, 0.25) is 0 Å². The number of piperidine rings is 1. The molecule has 3 rings (SSSR count). The Kier molecular flexibility index (Phi) is 4.89. The number of aromatic nitrogens is 2. The Morgan fingerprint density at radius 3 is 2.96 bits per heavy atom. The number of β-amino-alcohol motifs (C(OH)–C–C–N with tert-alkyl or cyclic N) is 1. The topological polar surface area (TPSA) is 87.5 Å². The van der Waals surface area contributed by atoms with Gasteiger partial charge in [0.1, 0.15) is 6.54 Å². The maximum atomic E-state index is 12.5. The third-order valence-corrected chi connectivity index (χ3v) is 4.96. The van der Waals surface area contributed by atoms with E-state index in [4.69, 9.17) is 0 Å². The molecule has 2 N–H and O–H groups in total. The first kappa shape index (κ1) is 17.0. The number of hydrogen-bond donors (Lipinski definition) is 2. The van der Waals surface area contributed by atoms with Gasteiger partial charge in [-0.1, -0.05) is 0 Å². The summed E-state index contributed by atoms with van der Waals surface area (Å²) in [5.41, 5.74) is 0.104. The van der Waals surface area contributed by atoms with Gasteiger partial charge in [-0.25, -0.2) is 0 Å². The fourth-order valence-corrected chi connectivity index (χ4v) is 3.30. The lowest BCUT2D eigenvalue weighted by Gasteiger charge is -2.39. The van der Waals surface area contributed by atoms with Gasteiger partial charge in [0.15, 0.2) is 0 Å². The number of likely N-dealkylation sites (tertiary alicyclic amines) is 1. The highest BCUT2D eigenvalue weighted by Crippen LogP contribution is 2.38. The highest BCUT2D eigenvalue weighted by Gasteiger charge is 2.35. The molecule has 2 fully saturated rings. The SMILES string of the molecule is CNC(=O)CC[C@]1(O)CCCN(C(=O)Cn2ccc(C3CC3)n2)C1. The summed E-state index contributed by atoms with van der Waals surface area (Å²) in [6.45, 7) is 1.15. The molecule has 0 aromatic carbocycles. The van der Waals surface area contributed by atoms with E-state index in [0.29, 0.717) is 31.8 Å². The van der Waals surface area contributed by atoms with Crippen LogP contribution in [0.25, 0.3) is 0 Å². The van der Waals surface area contributed by atoms with Gasteiger partial charge in [-0.3, -0.25) is 14.3 Å². The lowest BCUT2D eigenvalue weighted by Crippen LogP contribution is -2.51. The number of nitrogens with one attached hydrogen (secondary N) is 1. The molecule has 0 bridgehead atoms. The fraction of sp³-hybridized carbons (Fsp3) is 0.706. The summed E-state index contributed by atoms with van der Waals surface area (Å²) in [6, 6.07) is 1.99. The molecule has 1 saturated carbocycles. The molecule has 24 heavy (non-hydrogen) atoms. The van der Waals surface area contributed by atoms with Crippen LogP contribution >= 0.6 is 0 Å². The molecule has 1 saturated heterocycles. The minimum absolute atomic E-state index is 0.0292. The largest absolute Gasteiger partial charge is 0.388 e. The quantitative estimate of drug-likeness (QED) is 0.799. The van der Waals surface area contributed by atoms with E-state index in [0.717, 1.165) is 12.1 Å². The molecule has 0 unspecified atom stereocenters. The van der Waals surface area contributed by atoms with E-state index in [9.17, 15) is 14.7 Å². The lowest BCUT2D eigenvalue weighted by molar-refractivity contribution is -0.140. The van der Waals surface area contributed by atoms with Gasteiger partial charge in [0, 0.05) is 38.7 Å². The van der Waals surface area contributed by atoms with Crippen molar-refractivity contribution in [2.45, 2.75) is 56.6 Å². The van der Waals surface area contributed by atoms with Crippen LogP contribution < -0.4 is 5.32 Å². The summed E-state index contributed by atoms with van der Waals surface area (Å²) in [6.07, 6.45) is 6.27. The predicted molar refractivity (Wildman–Crippen MR) is 88.3 cm³/mol. The van der Waals surface area contributed by atoms with Crippen molar-refractivity contribution < 1.29 is 14.7 Å². The van der Waals surface area contributed by atoms with E-state index in [2.05, 4.69) is 10.4 Å². The predicted octanol–water partition coefficient (Wildman–Crippen LogP) is 0.640. The van der Waals surface area contributed by atoms with Crippen molar-refractivity contribution in [2.75, 3.05) is 20.1 Å². The molecule has 7 nitrogen and oxygen atoms in total. The number of amides is 2. The van der Waals surface area contributed by atoms with E-state index in [1.165, 1.54) is 12.8 Å². The molecule has 1 aliphatic carbocycles. The summed E-state index contributed by atoms with van der Waals surface area (Å²) in [7, 11) is 1.59. The molecule has 2 heterocycles.